The van der Waals surface area contributed by atoms with E-state index in [-0.39, 0.29) is 129 Å². The van der Waals surface area contributed by atoms with Crippen molar-refractivity contribution in [2.24, 2.45) is 23.5 Å². The minimum atomic E-state index is -0.790. The Morgan fingerprint density at radius 1 is 0.788 bits per heavy atom. The van der Waals surface area contributed by atoms with Crippen molar-refractivity contribution in [3.05, 3.63) is 24.3 Å². The lowest BCUT2D eigenvalue weighted by Gasteiger charge is -2.47. The molecule has 7 unspecified atom stereocenters. The summed E-state index contributed by atoms with van der Waals surface area (Å²) in [7, 11) is 0. The van der Waals surface area contributed by atoms with Crippen LogP contribution in [0.4, 0.5) is 0 Å². The molecule has 0 saturated carbocycles. The molecular formula is C40H59NO11. The standard InChI is InChI=1S/C40H59NO11/c1-19-10-24-4-6-29-20(2)11-26(45-29)8-9-40-16-34-36(51-40)37-38(50-34)39(52-40)35-30(49-37)7-5-25(47-35)12-22(43)13-27-28(18-42)32(14-23(44)17-41)48-33(27)15-31(46-24)21(19)3/h19,23-39,42,44H,2-18,41H2,1H3/t19-,23?,24+,25?,26+,27-,28-,29?,30+,31?,32?,33+,34?,35+,36?,37+,38-,39+,40+/m1/s1. The van der Waals surface area contributed by atoms with Gasteiger partial charge in [0.2, 0.25) is 0 Å². The molecule has 0 aliphatic carbocycles. The van der Waals surface area contributed by atoms with E-state index in [2.05, 4.69) is 20.1 Å². The number of aliphatic hydroxyl groups excluding tert-OH is 2. The Labute approximate surface area is 307 Å². The minimum absolute atomic E-state index is 0.0270. The number of hydrogen-bond donors (Lipinski definition) is 3. The number of ether oxygens (including phenoxy) is 8. The maximum atomic E-state index is 14.0. The van der Waals surface area contributed by atoms with E-state index in [1.54, 1.807) is 0 Å². The average molecular weight is 730 g/mol. The van der Waals surface area contributed by atoms with Crippen molar-refractivity contribution < 1.29 is 52.9 Å². The summed E-state index contributed by atoms with van der Waals surface area (Å²) in [5, 5.41) is 21.2. The molecule has 290 valence electrons. The van der Waals surface area contributed by atoms with Crippen LogP contribution in [-0.2, 0) is 42.7 Å². The van der Waals surface area contributed by atoms with Crippen LogP contribution in [0.25, 0.3) is 0 Å². The summed E-state index contributed by atoms with van der Waals surface area (Å²) in [5.41, 5.74) is 7.96. The van der Waals surface area contributed by atoms with Gasteiger partial charge in [-0.2, -0.15) is 0 Å². The van der Waals surface area contributed by atoms with E-state index in [1.165, 1.54) is 0 Å². The highest BCUT2D eigenvalue weighted by molar-refractivity contribution is 5.79. The van der Waals surface area contributed by atoms with Crippen LogP contribution in [0.15, 0.2) is 24.3 Å². The van der Waals surface area contributed by atoms with Crippen LogP contribution in [0.3, 0.4) is 0 Å². The fourth-order valence-electron chi connectivity index (χ4n) is 11.4. The van der Waals surface area contributed by atoms with Gasteiger partial charge in [-0.25, -0.2) is 0 Å². The van der Waals surface area contributed by atoms with Gasteiger partial charge in [0.1, 0.15) is 36.3 Å². The maximum Gasteiger partial charge on any atom is 0.172 e. The molecule has 0 aromatic carbocycles. The molecule has 0 aromatic rings. The molecular weight excluding hydrogens is 670 g/mol. The largest absolute Gasteiger partial charge is 0.396 e. The first kappa shape index (κ1) is 36.4. The third-order valence-electron chi connectivity index (χ3n) is 14.2. The molecule has 10 rings (SSSR count). The van der Waals surface area contributed by atoms with Crippen LogP contribution < -0.4 is 5.73 Å². The summed E-state index contributed by atoms with van der Waals surface area (Å²) < 4.78 is 53.8. The number of carbonyl (C=O) groups excluding carboxylic acids is 1. The van der Waals surface area contributed by atoms with Crippen LogP contribution in [0.1, 0.15) is 90.4 Å². The summed E-state index contributed by atoms with van der Waals surface area (Å²) in [4.78, 5) is 14.0. The molecule has 10 heterocycles. The number of Topliss-reactive ketones (excluding diaryl/α,β-unsaturated/α-hetero) is 1. The molecule has 1 spiro atoms. The lowest BCUT2D eigenvalue weighted by molar-refractivity contribution is -0.292. The maximum absolute atomic E-state index is 14.0. The Morgan fingerprint density at radius 2 is 1.54 bits per heavy atom. The Bertz CT molecular complexity index is 1380. The van der Waals surface area contributed by atoms with Gasteiger partial charge in [0, 0.05) is 57.6 Å². The topological polar surface area (TPSA) is 157 Å². The van der Waals surface area contributed by atoms with Crippen molar-refractivity contribution in [3.63, 3.8) is 0 Å². The molecule has 10 fully saturated rings. The molecule has 10 aliphatic heterocycles. The van der Waals surface area contributed by atoms with E-state index in [9.17, 15) is 15.0 Å². The summed E-state index contributed by atoms with van der Waals surface area (Å²) in [6, 6.07) is 0. The number of nitrogens with two attached hydrogens (primary N) is 1. The molecule has 0 radical (unpaired) electrons. The first-order valence-electron chi connectivity index (χ1n) is 20.3. The fourth-order valence-corrected chi connectivity index (χ4v) is 11.4. The Hall–Kier alpha value is -1.29. The number of ketones is 1. The van der Waals surface area contributed by atoms with E-state index in [1.807, 2.05) is 0 Å². The van der Waals surface area contributed by atoms with Crippen LogP contribution in [0.2, 0.25) is 0 Å². The first-order chi connectivity index (χ1) is 25.1. The average Bonchev–Trinajstić information content (AvgIpc) is 3.79. The fraction of sp³-hybridized carbons (Fsp3) is 0.875. The van der Waals surface area contributed by atoms with Gasteiger partial charge in [0.25, 0.3) is 0 Å². The zero-order chi connectivity index (χ0) is 35.9. The van der Waals surface area contributed by atoms with Crippen LogP contribution in [0, 0.1) is 17.8 Å². The van der Waals surface area contributed by atoms with Crippen molar-refractivity contribution in [1.29, 1.82) is 0 Å². The van der Waals surface area contributed by atoms with Gasteiger partial charge >= 0.3 is 0 Å². The SMILES string of the molecule is C=C1C[C@@H]2CC[C@@]34CC5O[C@H]6[C@@H](O3)[C@H]3OC(CC[C@@H]3O[C@H]6C5O4)CC(=O)C[C@H]3[C@H](CC4O[C@@H](CCC1O2)C[C@@H](C)C4=C)OC(CC(O)CN)[C@@H]3CO. The van der Waals surface area contributed by atoms with Gasteiger partial charge in [-0.3, -0.25) is 4.79 Å². The number of rotatable bonds is 4. The zero-order valence-corrected chi connectivity index (χ0v) is 30.6. The second-order valence-electron chi connectivity index (χ2n) is 17.6. The van der Waals surface area contributed by atoms with E-state index in [0.29, 0.717) is 32.1 Å². The molecule has 12 nitrogen and oxygen atoms in total. The molecule has 10 aliphatic rings. The number of hydrogen-bond acceptors (Lipinski definition) is 12. The second kappa shape index (κ2) is 14.3. The van der Waals surface area contributed by atoms with Gasteiger partial charge in [-0.15, -0.1) is 0 Å². The summed E-state index contributed by atoms with van der Waals surface area (Å²) in [6.07, 6.45) is 4.73. The van der Waals surface area contributed by atoms with Gasteiger partial charge < -0.3 is 53.8 Å². The van der Waals surface area contributed by atoms with Crippen LogP contribution in [-0.4, -0.2) is 126 Å². The normalized spacial score (nSPS) is 52.4. The molecule has 0 amide bonds. The van der Waals surface area contributed by atoms with Crippen molar-refractivity contribution in [2.45, 2.75) is 188 Å². The molecule has 12 bridgehead atoms. The van der Waals surface area contributed by atoms with Gasteiger partial charge in [-0.1, -0.05) is 20.1 Å². The summed E-state index contributed by atoms with van der Waals surface area (Å²) in [6.45, 7) is 11.0. The highest BCUT2D eigenvalue weighted by Crippen LogP contribution is 2.54. The summed E-state index contributed by atoms with van der Waals surface area (Å²) >= 11 is 0. The van der Waals surface area contributed by atoms with Crippen molar-refractivity contribution >= 4 is 5.78 Å². The quantitative estimate of drug-likeness (QED) is 0.364. The van der Waals surface area contributed by atoms with Crippen LogP contribution in [0.5, 0.6) is 0 Å². The minimum Gasteiger partial charge on any atom is -0.396 e. The van der Waals surface area contributed by atoms with E-state index in [0.717, 1.165) is 49.7 Å². The lowest BCUT2D eigenvalue weighted by Crippen LogP contribution is -2.61. The molecule has 0 aromatic heterocycles. The predicted molar refractivity (Wildman–Crippen MR) is 186 cm³/mol. The van der Waals surface area contributed by atoms with Crippen molar-refractivity contribution in [3.8, 4) is 0 Å². The van der Waals surface area contributed by atoms with Crippen LogP contribution >= 0.6 is 0 Å². The van der Waals surface area contributed by atoms with Crippen molar-refractivity contribution in [2.75, 3.05) is 13.2 Å². The number of aliphatic hydroxyl groups is 2. The Morgan fingerprint density at radius 3 is 2.37 bits per heavy atom. The number of carbonyl (C=O) groups is 1. The molecule has 4 N–H and O–H groups in total. The molecule has 19 atom stereocenters. The highest BCUT2D eigenvalue weighted by Gasteiger charge is 2.68. The molecule has 52 heavy (non-hydrogen) atoms. The van der Waals surface area contributed by atoms with E-state index in [4.69, 9.17) is 43.6 Å². The highest BCUT2D eigenvalue weighted by atomic mass is 16.8. The smallest absolute Gasteiger partial charge is 0.172 e. The van der Waals surface area contributed by atoms with Gasteiger partial charge in [0.05, 0.1) is 61.0 Å². The van der Waals surface area contributed by atoms with Crippen molar-refractivity contribution in [1.82, 2.24) is 0 Å². The first-order valence-corrected chi connectivity index (χ1v) is 20.3. The van der Waals surface area contributed by atoms with E-state index < -0.39 is 18.0 Å². The van der Waals surface area contributed by atoms with Gasteiger partial charge in [0.15, 0.2) is 5.79 Å². The molecule has 10 saturated heterocycles. The Balaban J connectivity index is 0.994. The second-order valence-corrected chi connectivity index (χ2v) is 17.6. The zero-order valence-electron chi connectivity index (χ0n) is 30.6. The van der Waals surface area contributed by atoms with Gasteiger partial charge in [-0.05, 0) is 67.9 Å². The number of fused-ring (bicyclic) bond motifs is 6. The summed E-state index contributed by atoms with van der Waals surface area (Å²) in [5.74, 6) is -1.03. The third kappa shape index (κ3) is 6.59. The lowest BCUT2D eigenvalue weighted by atomic mass is 9.78. The third-order valence-corrected chi connectivity index (χ3v) is 14.2. The monoisotopic (exact) mass is 729 g/mol. The van der Waals surface area contributed by atoms with E-state index >= 15 is 0 Å². The Kier molecular flexibility index (Phi) is 10.0. The molecule has 12 heteroatoms. The predicted octanol–water partition coefficient (Wildman–Crippen LogP) is 3.03.